The summed E-state index contributed by atoms with van der Waals surface area (Å²) in [6.45, 7) is 0. The largest absolute Gasteiger partial charge is 0.206 e. The zero-order chi connectivity index (χ0) is 11.6. The Hall–Kier alpha value is -0.880. The highest BCUT2D eigenvalue weighted by Gasteiger charge is 2.34. The molecule has 1 saturated carbocycles. The van der Waals surface area contributed by atoms with E-state index in [4.69, 9.17) is 0 Å². The Morgan fingerprint density at radius 2 is 1.94 bits per heavy atom. The van der Waals surface area contributed by atoms with Crippen LogP contribution in [-0.2, 0) is 5.41 Å². The molecular weight excluding hydrogens is 269 g/mol. The van der Waals surface area contributed by atoms with E-state index in [9.17, 15) is 9.65 Å². The molecule has 1 aromatic rings. The monoisotopic (exact) mass is 281 g/mol. The molecule has 84 valence electrons. The molecule has 0 amide bonds. The fourth-order valence-corrected chi connectivity index (χ4v) is 2.79. The molecule has 0 heterocycles. The first-order chi connectivity index (χ1) is 7.68. The van der Waals surface area contributed by atoms with Gasteiger partial charge in [0.15, 0.2) is 0 Å². The van der Waals surface area contributed by atoms with Crippen LogP contribution in [-0.4, -0.2) is 0 Å². The van der Waals surface area contributed by atoms with Crippen LogP contribution in [0.4, 0.5) is 4.39 Å². The summed E-state index contributed by atoms with van der Waals surface area (Å²) in [6.07, 6.45) is 5.15. The Balaban J connectivity index is 2.40. The van der Waals surface area contributed by atoms with Gasteiger partial charge in [0.25, 0.3) is 0 Å². The van der Waals surface area contributed by atoms with Crippen molar-refractivity contribution in [3.63, 3.8) is 0 Å². The highest BCUT2D eigenvalue weighted by molar-refractivity contribution is 9.10. The summed E-state index contributed by atoms with van der Waals surface area (Å²) in [5, 5.41) is 9.40. The van der Waals surface area contributed by atoms with Crippen molar-refractivity contribution in [2.24, 2.45) is 0 Å². The smallest absolute Gasteiger partial charge is 0.137 e. The minimum atomic E-state index is -0.394. The average molecular weight is 282 g/mol. The van der Waals surface area contributed by atoms with Crippen LogP contribution in [0, 0.1) is 17.1 Å². The zero-order valence-electron chi connectivity index (χ0n) is 8.97. The third-order valence-corrected chi connectivity index (χ3v) is 4.00. The van der Waals surface area contributed by atoms with Crippen molar-refractivity contribution < 1.29 is 4.39 Å². The van der Waals surface area contributed by atoms with Crippen LogP contribution >= 0.6 is 15.9 Å². The summed E-state index contributed by atoms with van der Waals surface area (Å²) in [5.74, 6) is -0.271. The molecule has 0 N–H and O–H groups in total. The van der Waals surface area contributed by atoms with Gasteiger partial charge in [0.2, 0.25) is 0 Å². The maximum absolute atomic E-state index is 13.2. The van der Waals surface area contributed by atoms with Gasteiger partial charge < -0.3 is 0 Å². The quantitative estimate of drug-likeness (QED) is 0.752. The molecule has 0 radical (unpaired) electrons. The number of hydrogen-bond donors (Lipinski definition) is 0. The standard InChI is InChI=1S/C13H13BrFN/c14-11-8-10(4-5-12(11)15)13(9-16)6-2-1-3-7-13/h4-5,8H,1-3,6-7H2. The van der Waals surface area contributed by atoms with E-state index in [1.807, 2.05) is 0 Å². The lowest BCUT2D eigenvalue weighted by Crippen LogP contribution is -2.27. The minimum absolute atomic E-state index is 0.271. The normalized spacial score (nSPS) is 19.1. The van der Waals surface area contributed by atoms with Crippen LogP contribution in [0.15, 0.2) is 22.7 Å². The molecule has 2 rings (SSSR count). The summed E-state index contributed by atoms with van der Waals surface area (Å²) in [6, 6.07) is 7.37. The second kappa shape index (κ2) is 4.55. The lowest BCUT2D eigenvalue weighted by atomic mass is 9.70. The van der Waals surface area contributed by atoms with Gasteiger partial charge in [-0.3, -0.25) is 0 Å². The fourth-order valence-electron chi connectivity index (χ4n) is 2.41. The Kier molecular flexibility index (Phi) is 3.30. The van der Waals surface area contributed by atoms with E-state index in [0.29, 0.717) is 4.47 Å². The van der Waals surface area contributed by atoms with Crippen molar-refractivity contribution in [3.05, 3.63) is 34.1 Å². The molecule has 0 atom stereocenters. The second-order valence-corrected chi connectivity index (χ2v) is 5.24. The summed E-state index contributed by atoms with van der Waals surface area (Å²) in [7, 11) is 0. The number of hydrogen-bond acceptors (Lipinski definition) is 1. The molecule has 0 aromatic heterocycles. The van der Waals surface area contributed by atoms with Crippen LogP contribution in [0.25, 0.3) is 0 Å². The number of halogens is 2. The summed E-state index contributed by atoms with van der Waals surface area (Å²) in [5.41, 5.74) is 0.553. The summed E-state index contributed by atoms with van der Waals surface area (Å²) in [4.78, 5) is 0. The van der Waals surface area contributed by atoms with Crippen LogP contribution in [0.5, 0.6) is 0 Å². The molecule has 3 heteroatoms. The molecule has 1 aliphatic rings. The van der Waals surface area contributed by atoms with Crippen LogP contribution < -0.4 is 0 Å². The first-order valence-corrected chi connectivity index (χ1v) is 6.34. The summed E-state index contributed by atoms with van der Waals surface area (Å²) < 4.78 is 13.6. The van der Waals surface area contributed by atoms with Crippen molar-refractivity contribution in [2.45, 2.75) is 37.5 Å². The number of benzene rings is 1. The fraction of sp³-hybridized carbons (Fsp3) is 0.462. The van der Waals surface area contributed by atoms with Gasteiger partial charge in [-0.25, -0.2) is 4.39 Å². The minimum Gasteiger partial charge on any atom is -0.206 e. The maximum Gasteiger partial charge on any atom is 0.137 e. The van der Waals surface area contributed by atoms with Crippen LogP contribution in [0.2, 0.25) is 0 Å². The molecule has 0 unspecified atom stereocenters. The number of nitriles is 1. The van der Waals surface area contributed by atoms with Crippen molar-refractivity contribution in [1.82, 2.24) is 0 Å². The molecular formula is C13H13BrFN. The van der Waals surface area contributed by atoms with Gasteiger partial charge in [-0.1, -0.05) is 25.3 Å². The SMILES string of the molecule is N#CC1(c2ccc(F)c(Br)c2)CCCCC1. The lowest BCUT2D eigenvalue weighted by Gasteiger charge is -2.31. The Morgan fingerprint density at radius 1 is 1.25 bits per heavy atom. The van der Waals surface area contributed by atoms with Crippen LogP contribution in [0.3, 0.4) is 0 Å². The topological polar surface area (TPSA) is 23.8 Å². The van der Waals surface area contributed by atoms with Gasteiger partial charge in [-0.2, -0.15) is 5.26 Å². The molecule has 0 saturated heterocycles. The van der Waals surface area contributed by atoms with Gasteiger partial charge in [-0.05, 0) is 46.5 Å². The predicted molar refractivity (Wildman–Crippen MR) is 64.5 cm³/mol. The molecule has 0 spiro atoms. The predicted octanol–water partition coefficient (Wildman–Crippen LogP) is 4.31. The van der Waals surface area contributed by atoms with Crippen molar-refractivity contribution >= 4 is 15.9 Å². The summed E-state index contributed by atoms with van der Waals surface area (Å²) >= 11 is 3.18. The highest BCUT2D eigenvalue weighted by atomic mass is 79.9. The first-order valence-electron chi connectivity index (χ1n) is 5.55. The van der Waals surface area contributed by atoms with E-state index in [-0.39, 0.29) is 5.82 Å². The molecule has 0 bridgehead atoms. The van der Waals surface area contributed by atoms with Gasteiger partial charge in [0.05, 0.1) is 16.0 Å². The molecule has 1 fully saturated rings. The van der Waals surface area contributed by atoms with Gasteiger partial charge in [0.1, 0.15) is 5.82 Å². The average Bonchev–Trinajstić information content (AvgIpc) is 2.33. The van der Waals surface area contributed by atoms with E-state index in [2.05, 4.69) is 22.0 Å². The third-order valence-electron chi connectivity index (χ3n) is 3.39. The first kappa shape index (κ1) is 11.6. The Labute approximate surface area is 103 Å². The molecule has 16 heavy (non-hydrogen) atoms. The number of nitrogens with zero attached hydrogens (tertiary/aromatic N) is 1. The van der Waals surface area contributed by atoms with Gasteiger partial charge >= 0.3 is 0 Å². The van der Waals surface area contributed by atoms with E-state index >= 15 is 0 Å². The van der Waals surface area contributed by atoms with E-state index < -0.39 is 5.41 Å². The maximum atomic E-state index is 13.2. The Morgan fingerprint density at radius 3 is 2.50 bits per heavy atom. The van der Waals surface area contributed by atoms with E-state index in [1.165, 1.54) is 12.5 Å². The molecule has 1 nitrogen and oxygen atoms in total. The number of rotatable bonds is 1. The van der Waals surface area contributed by atoms with Crippen molar-refractivity contribution in [1.29, 1.82) is 5.26 Å². The van der Waals surface area contributed by atoms with Gasteiger partial charge in [0, 0.05) is 0 Å². The second-order valence-electron chi connectivity index (χ2n) is 4.38. The van der Waals surface area contributed by atoms with E-state index in [0.717, 1.165) is 31.2 Å². The van der Waals surface area contributed by atoms with E-state index in [1.54, 1.807) is 12.1 Å². The lowest BCUT2D eigenvalue weighted by molar-refractivity contribution is 0.365. The molecule has 0 aliphatic heterocycles. The van der Waals surface area contributed by atoms with Gasteiger partial charge in [-0.15, -0.1) is 0 Å². The molecule has 1 aromatic carbocycles. The Bertz CT molecular complexity index is 430. The third kappa shape index (κ3) is 1.99. The van der Waals surface area contributed by atoms with Crippen molar-refractivity contribution in [2.75, 3.05) is 0 Å². The zero-order valence-corrected chi connectivity index (χ0v) is 10.6. The van der Waals surface area contributed by atoms with Crippen LogP contribution in [0.1, 0.15) is 37.7 Å². The highest BCUT2D eigenvalue weighted by Crippen LogP contribution is 2.39. The molecule has 1 aliphatic carbocycles. The van der Waals surface area contributed by atoms with Crippen molar-refractivity contribution in [3.8, 4) is 6.07 Å².